The molecule has 0 saturated heterocycles. The van der Waals surface area contributed by atoms with Gasteiger partial charge in [-0.2, -0.15) is 0 Å². The molecule has 7 heteroatoms. The van der Waals surface area contributed by atoms with Crippen molar-refractivity contribution < 1.29 is 23.7 Å². The highest BCUT2D eigenvalue weighted by Crippen LogP contribution is 2.24. The van der Waals surface area contributed by atoms with Crippen LogP contribution in [0.25, 0.3) is 22.5 Å². The molecule has 1 heterocycles. The predicted molar refractivity (Wildman–Crippen MR) is 149 cm³/mol. The average Bonchev–Trinajstić information content (AvgIpc) is 2.95. The molecule has 0 N–H and O–H groups in total. The van der Waals surface area contributed by atoms with Crippen molar-refractivity contribution in [2.45, 2.75) is 72.0 Å². The largest absolute Gasteiger partial charge is 0.494 e. The topological polar surface area (TPSA) is 79.8 Å². The molecular formula is C31H40N2O5. The number of carbonyl (C=O) groups excluding carboxylic acids is 1. The van der Waals surface area contributed by atoms with Crippen LogP contribution in [-0.2, 0) is 14.3 Å². The van der Waals surface area contributed by atoms with Crippen molar-refractivity contribution in [3.8, 4) is 34.0 Å². The van der Waals surface area contributed by atoms with E-state index in [-0.39, 0.29) is 12.6 Å². The van der Waals surface area contributed by atoms with Crippen molar-refractivity contribution in [1.82, 2.24) is 9.97 Å². The fourth-order valence-corrected chi connectivity index (χ4v) is 3.63. The van der Waals surface area contributed by atoms with Crippen LogP contribution in [0.5, 0.6) is 11.5 Å². The van der Waals surface area contributed by atoms with E-state index in [1.54, 1.807) is 13.8 Å². The first-order chi connectivity index (χ1) is 18.5. The SMILES string of the molecule is CCCCCOc1ccc(-c2cnc(-c3ccc(OCC(C)OC(=O)C(C)OCCCC)cc3)nc2)cc1. The Morgan fingerprint density at radius 2 is 1.34 bits per heavy atom. The standard InChI is InChI=1S/C31H40N2O5/c1-5-7-9-19-36-28-14-10-25(11-15-28)27-20-32-30(33-21-27)26-12-16-29(17-13-26)37-22-23(3)38-31(34)24(4)35-18-8-6-2/h10-17,20-21,23-24H,5-9,18-19,22H2,1-4H3. The summed E-state index contributed by atoms with van der Waals surface area (Å²) in [4.78, 5) is 21.2. The van der Waals surface area contributed by atoms with Crippen LogP contribution in [0.15, 0.2) is 60.9 Å². The number of carbonyl (C=O) groups is 1. The van der Waals surface area contributed by atoms with E-state index in [2.05, 4.69) is 23.8 Å². The maximum absolute atomic E-state index is 12.1. The van der Waals surface area contributed by atoms with Gasteiger partial charge in [0, 0.05) is 30.1 Å². The molecule has 7 nitrogen and oxygen atoms in total. The number of unbranched alkanes of at least 4 members (excludes halogenated alkanes) is 3. The summed E-state index contributed by atoms with van der Waals surface area (Å²) in [5.74, 6) is 1.82. The van der Waals surface area contributed by atoms with E-state index < -0.39 is 12.2 Å². The molecule has 0 aliphatic rings. The number of hydrogen-bond donors (Lipinski definition) is 0. The lowest BCUT2D eigenvalue weighted by atomic mass is 10.1. The van der Waals surface area contributed by atoms with E-state index in [9.17, 15) is 4.79 Å². The predicted octanol–water partition coefficient (Wildman–Crippen LogP) is 6.90. The number of ether oxygens (including phenoxy) is 4. The molecule has 2 aromatic carbocycles. The monoisotopic (exact) mass is 520 g/mol. The Kier molecular flexibility index (Phi) is 12.0. The minimum absolute atomic E-state index is 0.251. The molecule has 0 aliphatic heterocycles. The first kappa shape index (κ1) is 29.1. The molecule has 0 aliphatic carbocycles. The van der Waals surface area contributed by atoms with Gasteiger partial charge < -0.3 is 18.9 Å². The fraction of sp³-hybridized carbons (Fsp3) is 0.452. The molecule has 3 aromatic rings. The first-order valence-corrected chi connectivity index (χ1v) is 13.6. The number of aromatic nitrogens is 2. The molecule has 0 fully saturated rings. The van der Waals surface area contributed by atoms with Crippen LogP contribution < -0.4 is 9.47 Å². The second-order valence-corrected chi connectivity index (χ2v) is 9.32. The molecule has 0 spiro atoms. The summed E-state index contributed by atoms with van der Waals surface area (Å²) in [6.07, 6.45) is 8.06. The molecule has 2 unspecified atom stereocenters. The van der Waals surface area contributed by atoms with Crippen LogP contribution in [0.1, 0.15) is 59.8 Å². The number of benzene rings is 2. The Morgan fingerprint density at radius 1 is 0.737 bits per heavy atom. The van der Waals surface area contributed by atoms with Crippen molar-refractivity contribution in [3.05, 3.63) is 60.9 Å². The molecule has 3 rings (SSSR count). The number of nitrogens with zero attached hydrogens (tertiary/aromatic N) is 2. The van der Waals surface area contributed by atoms with Gasteiger partial charge in [0.15, 0.2) is 11.9 Å². The Morgan fingerprint density at radius 3 is 1.97 bits per heavy atom. The molecule has 38 heavy (non-hydrogen) atoms. The highest BCUT2D eigenvalue weighted by molar-refractivity contribution is 5.74. The van der Waals surface area contributed by atoms with Crippen molar-refractivity contribution in [2.24, 2.45) is 0 Å². The van der Waals surface area contributed by atoms with Crippen molar-refractivity contribution in [1.29, 1.82) is 0 Å². The Labute approximate surface area is 226 Å². The molecule has 0 amide bonds. The molecule has 2 atom stereocenters. The summed E-state index contributed by atoms with van der Waals surface area (Å²) < 4.78 is 22.5. The Hall–Kier alpha value is -3.45. The first-order valence-electron chi connectivity index (χ1n) is 13.6. The lowest BCUT2D eigenvalue weighted by Crippen LogP contribution is -2.30. The summed E-state index contributed by atoms with van der Waals surface area (Å²) in [6.45, 7) is 9.32. The second-order valence-electron chi connectivity index (χ2n) is 9.32. The Bertz CT molecular complexity index is 1080. The average molecular weight is 521 g/mol. The van der Waals surface area contributed by atoms with Gasteiger partial charge in [-0.3, -0.25) is 0 Å². The van der Waals surface area contributed by atoms with E-state index in [0.29, 0.717) is 18.2 Å². The molecule has 0 saturated carbocycles. The number of hydrogen-bond acceptors (Lipinski definition) is 7. The van der Waals surface area contributed by atoms with Crippen LogP contribution in [-0.4, -0.2) is 48.0 Å². The number of rotatable bonds is 16. The maximum atomic E-state index is 12.1. The summed E-state index contributed by atoms with van der Waals surface area (Å²) in [5, 5.41) is 0. The summed E-state index contributed by atoms with van der Waals surface area (Å²) in [6, 6.07) is 15.6. The van der Waals surface area contributed by atoms with Crippen LogP contribution >= 0.6 is 0 Å². The molecular weight excluding hydrogens is 480 g/mol. The van der Waals surface area contributed by atoms with Gasteiger partial charge in [-0.25, -0.2) is 14.8 Å². The third-order valence-corrected chi connectivity index (χ3v) is 5.97. The van der Waals surface area contributed by atoms with Gasteiger partial charge in [-0.05, 0) is 68.7 Å². The van der Waals surface area contributed by atoms with Gasteiger partial charge in [-0.1, -0.05) is 45.2 Å². The lowest BCUT2D eigenvalue weighted by Gasteiger charge is -2.17. The summed E-state index contributed by atoms with van der Waals surface area (Å²) in [7, 11) is 0. The fourth-order valence-electron chi connectivity index (χ4n) is 3.63. The smallest absolute Gasteiger partial charge is 0.335 e. The van der Waals surface area contributed by atoms with E-state index in [1.165, 1.54) is 12.8 Å². The minimum atomic E-state index is -0.580. The molecule has 204 valence electrons. The normalized spacial score (nSPS) is 12.5. The van der Waals surface area contributed by atoms with Crippen LogP contribution in [0.2, 0.25) is 0 Å². The van der Waals surface area contributed by atoms with Gasteiger partial charge in [0.2, 0.25) is 0 Å². The highest BCUT2D eigenvalue weighted by Gasteiger charge is 2.18. The van der Waals surface area contributed by atoms with Crippen LogP contribution in [0.3, 0.4) is 0 Å². The van der Waals surface area contributed by atoms with E-state index in [4.69, 9.17) is 18.9 Å². The van der Waals surface area contributed by atoms with E-state index >= 15 is 0 Å². The summed E-state index contributed by atoms with van der Waals surface area (Å²) >= 11 is 0. The van der Waals surface area contributed by atoms with Crippen LogP contribution in [0.4, 0.5) is 0 Å². The third-order valence-electron chi connectivity index (χ3n) is 5.97. The van der Waals surface area contributed by atoms with Gasteiger partial charge >= 0.3 is 5.97 Å². The quantitative estimate of drug-likeness (QED) is 0.150. The zero-order valence-corrected chi connectivity index (χ0v) is 23.0. The van der Waals surface area contributed by atoms with E-state index in [0.717, 1.165) is 48.3 Å². The van der Waals surface area contributed by atoms with Crippen LogP contribution in [0, 0.1) is 0 Å². The molecule has 0 radical (unpaired) electrons. The Balaban J connectivity index is 1.47. The zero-order valence-electron chi connectivity index (χ0n) is 23.0. The van der Waals surface area contributed by atoms with Gasteiger partial charge in [-0.15, -0.1) is 0 Å². The third kappa shape index (κ3) is 9.45. The lowest BCUT2D eigenvalue weighted by molar-refractivity contribution is -0.162. The maximum Gasteiger partial charge on any atom is 0.335 e. The second kappa shape index (κ2) is 15.7. The highest BCUT2D eigenvalue weighted by atomic mass is 16.6. The van der Waals surface area contributed by atoms with Crippen molar-refractivity contribution in [3.63, 3.8) is 0 Å². The summed E-state index contributed by atoms with van der Waals surface area (Å²) in [5.41, 5.74) is 2.87. The molecule has 1 aromatic heterocycles. The van der Waals surface area contributed by atoms with Crippen molar-refractivity contribution >= 4 is 5.97 Å². The van der Waals surface area contributed by atoms with Gasteiger partial charge in [0.05, 0.1) is 6.61 Å². The zero-order chi connectivity index (χ0) is 27.2. The molecule has 0 bridgehead atoms. The van der Waals surface area contributed by atoms with Crippen molar-refractivity contribution in [2.75, 3.05) is 19.8 Å². The van der Waals surface area contributed by atoms with Gasteiger partial charge in [0.25, 0.3) is 0 Å². The van der Waals surface area contributed by atoms with E-state index in [1.807, 2.05) is 60.9 Å². The number of esters is 1. The minimum Gasteiger partial charge on any atom is -0.494 e. The van der Waals surface area contributed by atoms with Gasteiger partial charge in [0.1, 0.15) is 24.2 Å².